The van der Waals surface area contributed by atoms with E-state index in [1.165, 1.54) is 6.92 Å². The molecule has 0 heterocycles. The van der Waals surface area contributed by atoms with Gasteiger partial charge in [0.2, 0.25) is 11.9 Å². The van der Waals surface area contributed by atoms with Crippen LogP contribution in [0.3, 0.4) is 0 Å². The maximum absolute atomic E-state index is 10.0. The SMILES string of the molecule is CC(=O)NN=C(N)N.O=[N+]([O-])O. The van der Waals surface area contributed by atoms with Crippen LogP contribution in [0.1, 0.15) is 6.92 Å². The van der Waals surface area contributed by atoms with Crippen LogP contribution in [0.4, 0.5) is 0 Å². The lowest BCUT2D eigenvalue weighted by molar-refractivity contribution is -0.742. The van der Waals surface area contributed by atoms with Crippen molar-refractivity contribution in [3.05, 3.63) is 10.1 Å². The van der Waals surface area contributed by atoms with Crippen LogP contribution in [0.2, 0.25) is 0 Å². The highest BCUT2D eigenvalue weighted by molar-refractivity contribution is 5.79. The second-order valence-corrected chi connectivity index (χ2v) is 1.44. The summed E-state index contributed by atoms with van der Waals surface area (Å²) in [4.78, 5) is 18.4. The third-order valence-electron chi connectivity index (χ3n) is 0.342. The number of rotatable bonds is 1. The molecule has 0 aliphatic heterocycles. The third kappa shape index (κ3) is 44.2. The van der Waals surface area contributed by atoms with E-state index < -0.39 is 5.09 Å². The second kappa shape index (κ2) is 7.05. The van der Waals surface area contributed by atoms with Crippen LogP contribution in [0, 0.1) is 10.1 Å². The molecule has 0 spiro atoms. The molecule has 1 amide bonds. The first kappa shape index (κ1) is 12.6. The van der Waals surface area contributed by atoms with Gasteiger partial charge in [-0.15, -0.1) is 15.2 Å². The Morgan fingerprint density at radius 2 is 2.00 bits per heavy atom. The number of hydrogen-bond acceptors (Lipinski definition) is 4. The van der Waals surface area contributed by atoms with E-state index in [0.29, 0.717) is 0 Å². The zero-order valence-corrected chi connectivity index (χ0v) is 6.22. The molecule has 0 radical (unpaired) electrons. The van der Waals surface area contributed by atoms with E-state index in [2.05, 4.69) is 5.10 Å². The largest absolute Gasteiger partial charge is 0.369 e. The molecule has 0 saturated carbocycles. The van der Waals surface area contributed by atoms with E-state index in [-0.39, 0.29) is 11.9 Å². The fourth-order valence-electron chi connectivity index (χ4n) is 0.143. The molecule has 70 valence electrons. The topological polar surface area (TPSA) is 157 Å². The summed E-state index contributed by atoms with van der Waals surface area (Å²) in [6.45, 7) is 1.31. The monoisotopic (exact) mass is 179 g/mol. The number of hydrogen-bond donors (Lipinski definition) is 4. The Hall–Kier alpha value is -2.06. The lowest BCUT2D eigenvalue weighted by Gasteiger charge is -1.90. The van der Waals surface area contributed by atoms with Gasteiger partial charge in [-0.1, -0.05) is 0 Å². The quantitative estimate of drug-likeness (QED) is 0.157. The van der Waals surface area contributed by atoms with Crippen molar-refractivity contribution in [2.45, 2.75) is 6.92 Å². The number of carbonyl (C=O) groups is 1. The zero-order valence-electron chi connectivity index (χ0n) is 6.22. The Kier molecular flexibility index (Phi) is 7.41. The number of amides is 1. The summed E-state index contributed by atoms with van der Waals surface area (Å²) in [6.07, 6.45) is 0. The van der Waals surface area contributed by atoms with Gasteiger partial charge < -0.3 is 16.7 Å². The standard InChI is InChI=1S/C3H8N4O.HNO3/c1-2(8)6-7-3(4)5;2-1(3)4/h1H3,(H,6,8)(H4,4,5,7);(H,2,3,4). The summed E-state index contributed by atoms with van der Waals surface area (Å²) >= 11 is 0. The van der Waals surface area contributed by atoms with Crippen LogP contribution in [0.5, 0.6) is 0 Å². The van der Waals surface area contributed by atoms with Gasteiger partial charge in [-0.05, 0) is 0 Å². The summed E-state index contributed by atoms with van der Waals surface area (Å²) in [7, 11) is 0. The van der Waals surface area contributed by atoms with Crippen LogP contribution >= 0.6 is 0 Å². The summed E-state index contributed by atoms with van der Waals surface area (Å²) in [6, 6.07) is 0. The van der Waals surface area contributed by atoms with Crippen LogP contribution in [-0.4, -0.2) is 22.2 Å². The average Bonchev–Trinajstić information content (AvgIpc) is 1.82. The number of nitrogens with zero attached hydrogens (tertiary/aromatic N) is 2. The van der Waals surface area contributed by atoms with Crippen molar-refractivity contribution in [2.24, 2.45) is 16.6 Å². The van der Waals surface area contributed by atoms with Crippen molar-refractivity contribution in [1.82, 2.24) is 5.43 Å². The minimum absolute atomic E-state index is 0.153. The first-order chi connectivity index (χ1) is 5.36. The van der Waals surface area contributed by atoms with Gasteiger partial charge in [0.25, 0.3) is 5.09 Å². The molecular weight excluding hydrogens is 170 g/mol. The van der Waals surface area contributed by atoms with Gasteiger partial charge in [-0.2, -0.15) is 0 Å². The number of guanidine groups is 1. The van der Waals surface area contributed by atoms with Gasteiger partial charge in [0, 0.05) is 6.92 Å². The second-order valence-electron chi connectivity index (χ2n) is 1.44. The van der Waals surface area contributed by atoms with Crippen LogP contribution in [-0.2, 0) is 4.79 Å². The van der Waals surface area contributed by atoms with Gasteiger partial charge in [-0.25, -0.2) is 5.43 Å². The maximum Gasteiger partial charge on any atom is 0.291 e. The molecule has 9 nitrogen and oxygen atoms in total. The number of carbonyl (C=O) groups excluding carboxylic acids is 1. The molecular formula is C3H9N5O4. The van der Waals surface area contributed by atoms with Crippen molar-refractivity contribution >= 4 is 11.9 Å². The molecule has 12 heavy (non-hydrogen) atoms. The molecule has 0 atom stereocenters. The Morgan fingerprint density at radius 3 is 2.08 bits per heavy atom. The Labute approximate surface area is 67.1 Å². The Bertz CT molecular complexity index is 181. The highest BCUT2D eigenvalue weighted by Gasteiger charge is 1.83. The maximum atomic E-state index is 10.0. The molecule has 0 aromatic rings. The van der Waals surface area contributed by atoms with Crippen LogP contribution in [0.15, 0.2) is 5.10 Å². The van der Waals surface area contributed by atoms with E-state index in [1.807, 2.05) is 5.43 Å². The minimum Gasteiger partial charge on any atom is -0.369 e. The molecule has 6 N–H and O–H groups in total. The van der Waals surface area contributed by atoms with Crippen molar-refractivity contribution in [2.75, 3.05) is 0 Å². The van der Waals surface area contributed by atoms with Gasteiger partial charge in [-0.3, -0.25) is 4.79 Å². The molecule has 0 aromatic heterocycles. The van der Waals surface area contributed by atoms with E-state index in [4.69, 9.17) is 26.8 Å². The van der Waals surface area contributed by atoms with Gasteiger partial charge in [0.05, 0.1) is 0 Å². The lowest BCUT2D eigenvalue weighted by Crippen LogP contribution is -2.27. The summed E-state index contributed by atoms with van der Waals surface area (Å²) < 4.78 is 0. The van der Waals surface area contributed by atoms with E-state index in [1.54, 1.807) is 0 Å². The minimum atomic E-state index is -1.50. The molecule has 0 aromatic carbocycles. The van der Waals surface area contributed by atoms with Crippen molar-refractivity contribution < 1.29 is 15.1 Å². The highest BCUT2D eigenvalue weighted by atomic mass is 16.9. The van der Waals surface area contributed by atoms with Gasteiger partial charge >= 0.3 is 0 Å². The molecule has 0 rings (SSSR count). The van der Waals surface area contributed by atoms with E-state index >= 15 is 0 Å². The van der Waals surface area contributed by atoms with E-state index in [0.717, 1.165) is 0 Å². The fourth-order valence-corrected chi connectivity index (χ4v) is 0.143. The highest BCUT2D eigenvalue weighted by Crippen LogP contribution is 1.57. The van der Waals surface area contributed by atoms with E-state index in [9.17, 15) is 4.79 Å². The van der Waals surface area contributed by atoms with Crippen LogP contribution < -0.4 is 16.9 Å². The van der Waals surface area contributed by atoms with Gasteiger partial charge in [0.15, 0.2) is 0 Å². The predicted molar refractivity (Wildman–Crippen MR) is 38.4 cm³/mol. The van der Waals surface area contributed by atoms with Crippen LogP contribution in [0.25, 0.3) is 0 Å². The fraction of sp³-hybridized carbons (Fsp3) is 0.333. The van der Waals surface area contributed by atoms with Crippen molar-refractivity contribution in [3.8, 4) is 0 Å². The lowest BCUT2D eigenvalue weighted by atomic mass is 10.8. The zero-order chi connectivity index (χ0) is 10.1. The number of nitrogens with one attached hydrogen (secondary N) is 1. The average molecular weight is 179 g/mol. The Morgan fingerprint density at radius 1 is 1.67 bits per heavy atom. The normalized spacial score (nSPS) is 7.08. The first-order valence-corrected chi connectivity index (χ1v) is 2.54. The van der Waals surface area contributed by atoms with Gasteiger partial charge in [0.1, 0.15) is 0 Å². The summed E-state index contributed by atoms with van der Waals surface area (Å²) in [5.74, 6) is -0.446. The molecule has 0 saturated heterocycles. The van der Waals surface area contributed by atoms with Crippen molar-refractivity contribution in [3.63, 3.8) is 0 Å². The summed E-state index contributed by atoms with van der Waals surface area (Å²) in [5, 5.41) is 16.8. The first-order valence-electron chi connectivity index (χ1n) is 2.54. The molecule has 0 fully saturated rings. The third-order valence-corrected chi connectivity index (χ3v) is 0.342. The Balaban J connectivity index is 0. The predicted octanol–water partition coefficient (Wildman–Crippen LogP) is -2.04. The molecule has 9 heteroatoms. The molecule has 0 unspecified atom stereocenters. The number of hydrazone groups is 1. The molecule has 0 aliphatic rings. The van der Waals surface area contributed by atoms with Crippen molar-refractivity contribution in [1.29, 1.82) is 0 Å². The smallest absolute Gasteiger partial charge is 0.291 e. The molecule has 0 bridgehead atoms. The molecule has 0 aliphatic carbocycles. The number of nitrogens with two attached hydrogens (primary N) is 2. The summed E-state index contributed by atoms with van der Waals surface area (Å²) in [5.41, 5.74) is 11.8.